The molecule has 1 aliphatic rings. The topological polar surface area (TPSA) is 37.0 Å². The van der Waals surface area contributed by atoms with Gasteiger partial charge in [0.25, 0.3) is 0 Å². The van der Waals surface area contributed by atoms with Gasteiger partial charge in [-0.2, -0.15) is 0 Å². The van der Waals surface area contributed by atoms with Crippen LogP contribution in [0.4, 0.5) is 5.82 Å². The van der Waals surface area contributed by atoms with E-state index in [0.717, 1.165) is 12.2 Å². The van der Waals surface area contributed by atoms with Gasteiger partial charge in [0.1, 0.15) is 5.82 Å². The second-order valence-electron chi connectivity index (χ2n) is 3.34. The Morgan fingerprint density at radius 2 is 2.42 bits per heavy atom. The first-order valence-electron chi connectivity index (χ1n) is 4.25. The van der Waals surface area contributed by atoms with Crippen LogP contribution in [0.5, 0.6) is 0 Å². The molecule has 0 saturated heterocycles. The largest absolute Gasteiger partial charge is 0.305 e. The molecule has 0 radical (unpaired) electrons. The fourth-order valence-corrected chi connectivity index (χ4v) is 1.49. The summed E-state index contributed by atoms with van der Waals surface area (Å²) in [6.45, 7) is 4.34. The predicted molar refractivity (Wildman–Crippen MR) is 48.6 cm³/mol. The molecule has 1 aromatic heterocycles. The van der Waals surface area contributed by atoms with Gasteiger partial charge in [-0.25, -0.2) is 10.4 Å². The third-order valence-electron chi connectivity index (χ3n) is 2.57. The minimum Gasteiger partial charge on any atom is -0.305 e. The maximum atomic E-state index is 4.23. The molecular weight excluding hydrogens is 150 g/mol. The Morgan fingerprint density at radius 1 is 1.58 bits per heavy atom. The van der Waals surface area contributed by atoms with E-state index >= 15 is 0 Å². The molecule has 0 bridgehead atoms. The van der Waals surface area contributed by atoms with Crippen LogP contribution in [0, 0.1) is 0 Å². The lowest BCUT2D eigenvalue weighted by Gasteiger charge is -2.21. The van der Waals surface area contributed by atoms with Crippen molar-refractivity contribution in [1.29, 1.82) is 0 Å². The molecule has 1 unspecified atom stereocenters. The molecule has 0 fully saturated rings. The summed E-state index contributed by atoms with van der Waals surface area (Å²) in [6.07, 6.45) is 2.85. The van der Waals surface area contributed by atoms with E-state index in [0.29, 0.717) is 0 Å². The normalized spacial score (nSPS) is 26.5. The highest BCUT2D eigenvalue weighted by molar-refractivity contribution is 5.51. The Bertz CT molecular complexity index is 298. The highest BCUT2D eigenvalue weighted by Crippen LogP contribution is 2.33. The number of nitrogens with zero attached hydrogens (tertiary/aromatic N) is 1. The van der Waals surface area contributed by atoms with Crippen molar-refractivity contribution in [3.8, 4) is 0 Å². The molecular formula is C9H13N3. The summed E-state index contributed by atoms with van der Waals surface area (Å²) >= 11 is 0. The van der Waals surface area contributed by atoms with Crippen molar-refractivity contribution in [1.82, 2.24) is 10.4 Å². The number of nitrogens with one attached hydrogen (secondary N) is 2. The molecule has 2 heterocycles. The molecule has 3 heteroatoms. The summed E-state index contributed by atoms with van der Waals surface area (Å²) < 4.78 is 0. The summed E-state index contributed by atoms with van der Waals surface area (Å²) in [5, 5.41) is 0. The number of fused-ring (bicyclic) bond motifs is 1. The number of hydrogen-bond acceptors (Lipinski definition) is 3. The van der Waals surface area contributed by atoms with E-state index in [1.54, 1.807) is 6.20 Å². The molecule has 0 saturated carbocycles. The fraction of sp³-hybridized carbons (Fsp3) is 0.444. The van der Waals surface area contributed by atoms with Crippen molar-refractivity contribution in [2.45, 2.75) is 25.8 Å². The van der Waals surface area contributed by atoms with Crippen LogP contribution in [0.1, 0.15) is 25.8 Å². The van der Waals surface area contributed by atoms with Crippen LogP contribution in [-0.2, 0) is 5.54 Å². The zero-order valence-electron chi connectivity index (χ0n) is 7.39. The molecule has 2 N–H and O–H groups in total. The van der Waals surface area contributed by atoms with E-state index in [4.69, 9.17) is 0 Å². The van der Waals surface area contributed by atoms with Crippen LogP contribution in [0.25, 0.3) is 0 Å². The second-order valence-corrected chi connectivity index (χ2v) is 3.34. The molecule has 12 heavy (non-hydrogen) atoms. The van der Waals surface area contributed by atoms with Gasteiger partial charge in [0, 0.05) is 11.8 Å². The van der Waals surface area contributed by atoms with Crippen LogP contribution in [0.15, 0.2) is 18.3 Å². The number of pyridine rings is 1. The van der Waals surface area contributed by atoms with Crippen molar-refractivity contribution in [2.75, 3.05) is 5.43 Å². The number of hydrogen-bond donors (Lipinski definition) is 2. The predicted octanol–water partition coefficient (Wildman–Crippen LogP) is 1.64. The minimum absolute atomic E-state index is 0.0452. The zero-order chi connectivity index (χ0) is 8.60. The number of hydrazine groups is 1. The van der Waals surface area contributed by atoms with Crippen molar-refractivity contribution in [3.05, 3.63) is 23.9 Å². The van der Waals surface area contributed by atoms with E-state index < -0.39 is 0 Å². The van der Waals surface area contributed by atoms with Gasteiger partial charge < -0.3 is 5.43 Å². The van der Waals surface area contributed by atoms with Gasteiger partial charge in [-0.05, 0) is 19.4 Å². The minimum atomic E-state index is 0.0452. The molecule has 1 atom stereocenters. The molecule has 0 amide bonds. The highest BCUT2D eigenvalue weighted by atomic mass is 15.4. The summed E-state index contributed by atoms with van der Waals surface area (Å²) in [5.74, 6) is 0.960. The molecule has 64 valence electrons. The van der Waals surface area contributed by atoms with Crippen LogP contribution in [0.2, 0.25) is 0 Å². The molecule has 1 aliphatic heterocycles. The maximum Gasteiger partial charge on any atom is 0.145 e. The Morgan fingerprint density at radius 3 is 3.17 bits per heavy atom. The van der Waals surface area contributed by atoms with Crippen molar-refractivity contribution in [2.24, 2.45) is 0 Å². The van der Waals surface area contributed by atoms with Crippen molar-refractivity contribution in [3.63, 3.8) is 0 Å². The van der Waals surface area contributed by atoms with E-state index in [1.807, 2.05) is 6.07 Å². The lowest BCUT2D eigenvalue weighted by atomic mass is 9.92. The van der Waals surface area contributed by atoms with Gasteiger partial charge in [-0.3, -0.25) is 0 Å². The van der Waals surface area contributed by atoms with Crippen molar-refractivity contribution >= 4 is 5.82 Å². The van der Waals surface area contributed by atoms with E-state index in [1.165, 1.54) is 5.56 Å². The Hall–Kier alpha value is -1.09. The molecule has 0 aromatic carbocycles. The van der Waals surface area contributed by atoms with Crippen LogP contribution >= 0.6 is 0 Å². The maximum absolute atomic E-state index is 4.23. The van der Waals surface area contributed by atoms with Gasteiger partial charge >= 0.3 is 0 Å². The first-order chi connectivity index (χ1) is 5.76. The summed E-state index contributed by atoms with van der Waals surface area (Å²) in [6, 6.07) is 4.08. The van der Waals surface area contributed by atoms with Crippen LogP contribution in [-0.4, -0.2) is 4.98 Å². The first kappa shape index (κ1) is 7.55. The van der Waals surface area contributed by atoms with Gasteiger partial charge in [-0.1, -0.05) is 13.0 Å². The fourth-order valence-electron chi connectivity index (χ4n) is 1.49. The van der Waals surface area contributed by atoms with E-state index in [2.05, 4.69) is 35.7 Å². The van der Waals surface area contributed by atoms with Gasteiger partial charge in [0.15, 0.2) is 0 Å². The molecule has 2 rings (SSSR count). The van der Waals surface area contributed by atoms with Crippen LogP contribution in [0.3, 0.4) is 0 Å². The number of aromatic nitrogens is 1. The summed E-state index contributed by atoms with van der Waals surface area (Å²) in [4.78, 5) is 4.23. The van der Waals surface area contributed by atoms with Gasteiger partial charge in [0.05, 0.1) is 5.54 Å². The lowest BCUT2D eigenvalue weighted by molar-refractivity contribution is 0.408. The second kappa shape index (κ2) is 2.45. The number of anilines is 1. The van der Waals surface area contributed by atoms with Crippen molar-refractivity contribution < 1.29 is 0 Å². The monoisotopic (exact) mass is 163 g/mol. The summed E-state index contributed by atoms with van der Waals surface area (Å²) in [7, 11) is 0. The average Bonchev–Trinajstić information content (AvgIpc) is 2.46. The SMILES string of the molecule is CCC1(C)NNc2ncccc21. The zero-order valence-corrected chi connectivity index (χ0v) is 7.39. The third-order valence-corrected chi connectivity index (χ3v) is 2.57. The lowest BCUT2D eigenvalue weighted by Crippen LogP contribution is -2.35. The quantitative estimate of drug-likeness (QED) is 0.660. The molecule has 3 nitrogen and oxygen atoms in total. The van der Waals surface area contributed by atoms with Crippen LogP contribution < -0.4 is 10.9 Å². The Balaban J connectivity index is 2.49. The molecule has 1 aromatic rings. The van der Waals surface area contributed by atoms with E-state index in [9.17, 15) is 0 Å². The number of rotatable bonds is 1. The average molecular weight is 163 g/mol. The Labute approximate surface area is 72.2 Å². The van der Waals surface area contributed by atoms with Gasteiger partial charge in [-0.15, -0.1) is 0 Å². The third kappa shape index (κ3) is 0.898. The van der Waals surface area contributed by atoms with Gasteiger partial charge in [0.2, 0.25) is 0 Å². The standard InChI is InChI=1S/C9H13N3/c1-3-9(2)7-5-4-6-10-8(7)11-12-9/h4-6,12H,3H2,1-2H3,(H,10,11). The van der Waals surface area contributed by atoms with E-state index in [-0.39, 0.29) is 5.54 Å². The Kier molecular flexibility index (Phi) is 1.54. The first-order valence-corrected chi connectivity index (χ1v) is 4.25. The highest BCUT2D eigenvalue weighted by Gasteiger charge is 2.32. The smallest absolute Gasteiger partial charge is 0.145 e. The molecule has 0 aliphatic carbocycles. The molecule has 0 spiro atoms. The summed E-state index contributed by atoms with van der Waals surface area (Å²) in [5.41, 5.74) is 7.62.